The summed E-state index contributed by atoms with van der Waals surface area (Å²) in [5.74, 6) is -0.0796. The number of thiophene rings is 1. The van der Waals surface area contributed by atoms with Crippen LogP contribution in [-0.4, -0.2) is 28.9 Å². The number of carbonyl (C=O) groups excluding carboxylic acids is 1. The van der Waals surface area contributed by atoms with E-state index in [1.807, 2.05) is 18.4 Å². The highest BCUT2D eigenvalue weighted by Crippen LogP contribution is 2.15. The van der Waals surface area contributed by atoms with Crippen LogP contribution in [0.5, 0.6) is 0 Å². The van der Waals surface area contributed by atoms with Crippen LogP contribution >= 0.6 is 11.3 Å². The number of likely N-dealkylation sites (N-methyl/N-ethyl adjacent to an activating group) is 1. The van der Waals surface area contributed by atoms with Crippen molar-refractivity contribution in [3.63, 3.8) is 0 Å². The molecule has 0 bridgehead atoms. The lowest BCUT2D eigenvalue weighted by atomic mass is 10.1. The largest absolute Gasteiger partial charge is 0.397 e. The Kier molecular flexibility index (Phi) is 4.16. The second-order valence-corrected chi connectivity index (χ2v) is 5.56. The molecule has 0 aliphatic carbocycles. The smallest absolute Gasteiger partial charge is 0.272 e. The lowest BCUT2D eigenvalue weighted by Gasteiger charge is -2.24. The number of anilines is 1. The Morgan fingerprint density at radius 1 is 1.47 bits per heavy atom. The van der Waals surface area contributed by atoms with Crippen molar-refractivity contribution in [3.05, 3.63) is 46.4 Å². The molecule has 0 saturated heterocycles. The molecule has 2 aromatic heterocycles. The van der Waals surface area contributed by atoms with E-state index in [1.54, 1.807) is 35.4 Å². The van der Waals surface area contributed by atoms with Gasteiger partial charge in [-0.2, -0.15) is 0 Å². The van der Waals surface area contributed by atoms with E-state index in [-0.39, 0.29) is 11.9 Å². The molecule has 2 rings (SSSR count). The summed E-state index contributed by atoms with van der Waals surface area (Å²) >= 11 is 1.71. The molecule has 1 amide bonds. The molecule has 0 aromatic carbocycles. The van der Waals surface area contributed by atoms with Crippen LogP contribution < -0.4 is 5.73 Å². The molecule has 0 saturated carbocycles. The van der Waals surface area contributed by atoms with Crippen molar-refractivity contribution in [2.45, 2.75) is 19.4 Å². The van der Waals surface area contributed by atoms with Gasteiger partial charge in [0.1, 0.15) is 5.69 Å². The van der Waals surface area contributed by atoms with Crippen LogP contribution in [0.3, 0.4) is 0 Å². The first-order chi connectivity index (χ1) is 9.08. The fourth-order valence-corrected chi connectivity index (χ4v) is 2.60. The number of nitrogens with zero attached hydrogens (tertiary/aromatic N) is 2. The Morgan fingerprint density at radius 3 is 2.84 bits per heavy atom. The summed E-state index contributed by atoms with van der Waals surface area (Å²) in [6, 6.07) is 7.59. The Hall–Kier alpha value is -1.88. The number of amides is 1. The van der Waals surface area contributed by atoms with Crippen molar-refractivity contribution < 1.29 is 4.79 Å². The van der Waals surface area contributed by atoms with E-state index >= 15 is 0 Å². The summed E-state index contributed by atoms with van der Waals surface area (Å²) in [6.45, 7) is 2.04. The van der Waals surface area contributed by atoms with Gasteiger partial charge in [0.15, 0.2) is 0 Å². The fraction of sp³-hybridized carbons (Fsp3) is 0.286. The maximum Gasteiger partial charge on any atom is 0.272 e. The molecule has 1 unspecified atom stereocenters. The van der Waals surface area contributed by atoms with Gasteiger partial charge in [-0.15, -0.1) is 11.3 Å². The Morgan fingerprint density at radius 2 is 2.26 bits per heavy atom. The number of carbonyl (C=O) groups is 1. The number of nitrogen functional groups attached to an aromatic ring is 1. The van der Waals surface area contributed by atoms with E-state index in [1.165, 1.54) is 11.1 Å². The zero-order valence-corrected chi connectivity index (χ0v) is 11.9. The fourth-order valence-electron chi connectivity index (χ4n) is 1.77. The summed E-state index contributed by atoms with van der Waals surface area (Å²) < 4.78 is 0. The maximum atomic E-state index is 12.3. The minimum Gasteiger partial charge on any atom is -0.397 e. The molecule has 0 spiro atoms. The number of nitrogens with two attached hydrogens (primary N) is 1. The van der Waals surface area contributed by atoms with Crippen molar-refractivity contribution in [3.8, 4) is 0 Å². The lowest BCUT2D eigenvalue weighted by Crippen LogP contribution is -2.36. The van der Waals surface area contributed by atoms with E-state index in [2.05, 4.69) is 11.1 Å². The predicted molar refractivity (Wildman–Crippen MR) is 78.2 cm³/mol. The number of hydrogen-bond donors (Lipinski definition) is 1. The SMILES string of the molecule is CC(Cc1cccs1)N(C)C(=O)c1ccc(N)cn1. The first-order valence-corrected chi connectivity index (χ1v) is 6.97. The first kappa shape index (κ1) is 13.5. The van der Waals surface area contributed by atoms with Crippen LogP contribution in [-0.2, 0) is 6.42 Å². The third-order valence-corrected chi connectivity index (χ3v) is 3.96. The summed E-state index contributed by atoms with van der Waals surface area (Å²) in [7, 11) is 1.80. The molecule has 5 heteroatoms. The second-order valence-electron chi connectivity index (χ2n) is 4.53. The van der Waals surface area contributed by atoms with Gasteiger partial charge in [-0.05, 0) is 30.5 Å². The van der Waals surface area contributed by atoms with Gasteiger partial charge in [-0.3, -0.25) is 4.79 Å². The molecule has 2 aromatic rings. The van der Waals surface area contributed by atoms with E-state index in [4.69, 9.17) is 5.73 Å². The Balaban J connectivity index is 2.04. The van der Waals surface area contributed by atoms with Gasteiger partial charge in [-0.1, -0.05) is 6.07 Å². The monoisotopic (exact) mass is 275 g/mol. The van der Waals surface area contributed by atoms with E-state index < -0.39 is 0 Å². The zero-order valence-electron chi connectivity index (χ0n) is 11.0. The van der Waals surface area contributed by atoms with Crippen LogP contribution in [0.4, 0.5) is 5.69 Å². The minimum atomic E-state index is -0.0796. The quantitative estimate of drug-likeness (QED) is 0.932. The van der Waals surface area contributed by atoms with Gasteiger partial charge in [0.05, 0.1) is 11.9 Å². The highest BCUT2D eigenvalue weighted by Gasteiger charge is 2.18. The van der Waals surface area contributed by atoms with E-state index in [9.17, 15) is 4.79 Å². The van der Waals surface area contributed by atoms with E-state index in [0.717, 1.165) is 6.42 Å². The minimum absolute atomic E-state index is 0.0796. The van der Waals surface area contributed by atoms with Gasteiger partial charge < -0.3 is 10.6 Å². The molecule has 100 valence electrons. The third kappa shape index (κ3) is 3.32. The number of aromatic nitrogens is 1. The van der Waals surface area contributed by atoms with Crippen LogP contribution in [0, 0.1) is 0 Å². The average molecular weight is 275 g/mol. The van der Waals surface area contributed by atoms with Gasteiger partial charge in [0.25, 0.3) is 5.91 Å². The van der Waals surface area contributed by atoms with Crippen LogP contribution in [0.25, 0.3) is 0 Å². The van der Waals surface area contributed by atoms with Gasteiger partial charge >= 0.3 is 0 Å². The molecule has 0 aliphatic heterocycles. The predicted octanol–water partition coefficient (Wildman–Crippen LogP) is 2.43. The summed E-state index contributed by atoms with van der Waals surface area (Å²) in [6.07, 6.45) is 2.36. The Labute approximate surface area is 116 Å². The van der Waals surface area contributed by atoms with Gasteiger partial charge in [-0.25, -0.2) is 4.98 Å². The number of pyridine rings is 1. The molecule has 1 atom stereocenters. The second kappa shape index (κ2) is 5.84. The van der Waals surface area contributed by atoms with Gasteiger partial charge in [0, 0.05) is 24.4 Å². The molecule has 2 heterocycles. The van der Waals surface area contributed by atoms with E-state index in [0.29, 0.717) is 11.4 Å². The standard InChI is InChI=1S/C14H17N3OS/c1-10(8-12-4-3-7-19-12)17(2)14(18)13-6-5-11(15)9-16-13/h3-7,9-10H,8,15H2,1-2H3. The Bertz CT molecular complexity index is 536. The highest BCUT2D eigenvalue weighted by atomic mass is 32.1. The lowest BCUT2D eigenvalue weighted by molar-refractivity contribution is 0.0738. The molecule has 0 fully saturated rings. The molecular formula is C14H17N3OS. The molecule has 0 aliphatic rings. The van der Waals surface area contributed by atoms with Crippen molar-refractivity contribution in [2.75, 3.05) is 12.8 Å². The zero-order chi connectivity index (χ0) is 13.8. The average Bonchev–Trinajstić information content (AvgIpc) is 2.90. The van der Waals surface area contributed by atoms with Crippen LogP contribution in [0.1, 0.15) is 22.3 Å². The normalized spacial score (nSPS) is 12.1. The molecule has 19 heavy (non-hydrogen) atoms. The number of rotatable bonds is 4. The molecule has 4 nitrogen and oxygen atoms in total. The van der Waals surface area contributed by atoms with Crippen molar-refractivity contribution in [2.24, 2.45) is 0 Å². The molecular weight excluding hydrogens is 258 g/mol. The summed E-state index contributed by atoms with van der Waals surface area (Å²) in [4.78, 5) is 19.3. The van der Waals surface area contributed by atoms with Crippen molar-refractivity contribution in [1.82, 2.24) is 9.88 Å². The van der Waals surface area contributed by atoms with Gasteiger partial charge in [0.2, 0.25) is 0 Å². The molecule has 2 N–H and O–H groups in total. The van der Waals surface area contributed by atoms with Crippen molar-refractivity contribution >= 4 is 22.9 Å². The topological polar surface area (TPSA) is 59.2 Å². The van der Waals surface area contributed by atoms with Crippen LogP contribution in [0.15, 0.2) is 35.8 Å². The molecule has 0 radical (unpaired) electrons. The summed E-state index contributed by atoms with van der Waals surface area (Å²) in [5.41, 5.74) is 6.55. The van der Waals surface area contributed by atoms with Crippen molar-refractivity contribution in [1.29, 1.82) is 0 Å². The number of hydrogen-bond acceptors (Lipinski definition) is 4. The third-order valence-electron chi connectivity index (χ3n) is 3.06. The first-order valence-electron chi connectivity index (χ1n) is 6.09. The maximum absolute atomic E-state index is 12.3. The van der Waals surface area contributed by atoms with Crippen LogP contribution in [0.2, 0.25) is 0 Å². The summed E-state index contributed by atoms with van der Waals surface area (Å²) in [5, 5.41) is 2.05. The highest BCUT2D eigenvalue weighted by molar-refractivity contribution is 7.09.